The number of likely N-dealkylation sites (tertiary alicyclic amines) is 3. The van der Waals surface area contributed by atoms with Crippen LogP contribution < -0.4 is 10.6 Å². The summed E-state index contributed by atoms with van der Waals surface area (Å²) in [7, 11) is 0. The number of hydrogen-bond donors (Lipinski definition) is 2. The molecular weight excluding hydrogens is 562 g/mol. The van der Waals surface area contributed by atoms with Gasteiger partial charge in [0.1, 0.15) is 0 Å². The number of amides is 1. The number of fused-ring (bicyclic) bond motifs is 1. The lowest BCUT2D eigenvalue weighted by Crippen LogP contribution is -2.39. The van der Waals surface area contributed by atoms with Gasteiger partial charge in [-0.3, -0.25) is 14.6 Å². The number of nitrogens with zero attached hydrogens (tertiary/aromatic N) is 7. The Labute approximate surface area is 265 Å². The average Bonchev–Trinajstić information content (AvgIpc) is 3.68. The number of hydrogen-bond acceptors (Lipinski definition) is 8. The van der Waals surface area contributed by atoms with Crippen LogP contribution >= 0.6 is 0 Å². The van der Waals surface area contributed by atoms with E-state index in [0.29, 0.717) is 37.5 Å². The van der Waals surface area contributed by atoms with Crippen molar-refractivity contribution < 1.29 is 4.79 Å². The molecule has 3 aliphatic heterocycles. The van der Waals surface area contributed by atoms with Crippen LogP contribution in [0.3, 0.4) is 0 Å². The van der Waals surface area contributed by atoms with E-state index in [1.807, 2.05) is 11.2 Å². The molecule has 3 saturated heterocycles. The molecule has 0 spiro atoms. The number of benzene rings is 2. The molecule has 236 valence electrons. The van der Waals surface area contributed by atoms with Gasteiger partial charge in [-0.2, -0.15) is 9.97 Å². The number of imidazole rings is 1. The predicted molar refractivity (Wildman–Crippen MR) is 178 cm³/mol. The second kappa shape index (κ2) is 14.0. The second-order valence-electron chi connectivity index (χ2n) is 12.9. The van der Waals surface area contributed by atoms with Crippen molar-refractivity contribution in [1.29, 1.82) is 0 Å². The predicted octanol–water partition coefficient (Wildman–Crippen LogP) is 4.60. The first-order chi connectivity index (χ1) is 22.2. The zero-order valence-corrected chi connectivity index (χ0v) is 26.2. The zero-order valence-electron chi connectivity index (χ0n) is 26.2. The highest BCUT2D eigenvalue weighted by Crippen LogP contribution is 2.26. The molecule has 10 heteroatoms. The Balaban J connectivity index is 1.03. The highest BCUT2D eigenvalue weighted by molar-refractivity contribution is 5.84. The van der Waals surface area contributed by atoms with E-state index < -0.39 is 0 Å². The molecule has 4 aromatic rings. The van der Waals surface area contributed by atoms with Crippen molar-refractivity contribution in [1.82, 2.24) is 34.2 Å². The normalized spacial score (nSPS) is 19.0. The molecule has 0 radical (unpaired) electrons. The molecule has 3 fully saturated rings. The van der Waals surface area contributed by atoms with Crippen molar-refractivity contribution >= 4 is 28.8 Å². The van der Waals surface area contributed by atoms with Crippen molar-refractivity contribution in [3.63, 3.8) is 0 Å². The zero-order chi connectivity index (χ0) is 30.4. The molecular formula is C35H45N9O. The van der Waals surface area contributed by atoms with Crippen molar-refractivity contribution in [2.24, 2.45) is 0 Å². The maximum absolute atomic E-state index is 12.2. The van der Waals surface area contributed by atoms with E-state index in [4.69, 9.17) is 15.0 Å². The van der Waals surface area contributed by atoms with Gasteiger partial charge < -0.3 is 20.1 Å². The van der Waals surface area contributed by atoms with E-state index >= 15 is 0 Å². The monoisotopic (exact) mass is 607 g/mol. The van der Waals surface area contributed by atoms with Crippen molar-refractivity contribution in [3.05, 3.63) is 78.1 Å². The van der Waals surface area contributed by atoms with Crippen LogP contribution in [-0.4, -0.2) is 91.5 Å². The van der Waals surface area contributed by atoms with Gasteiger partial charge in [0.15, 0.2) is 17.0 Å². The van der Waals surface area contributed by atoms with Gasteiger partial charge in [-0.1, -0.05) is 60.7 Å². The van der Waals surface area contributed by atoms with Crippen molar-refractivity contribution in [3.8, 4) is 0 Å². The van der Waals surface area contributed by atoms with Crippen LogP contribution in [0.25, 0.3) is 11.2 Å². The van der Waals surface area contributed by atoms with E-state index in [1.165, 1.54) is 11.1 Å². The summed E-state index contributed by atoms with van der Waals surface area (Å²) in [6.07, 6.45) is 7.67. The molecule has 0 atom stereocenters. The summed E-state index contributed by atoms with van der Waals surface area (Å²) >= 11 is 0. The Kier molecular flexibility index (Phi) is 9.20. The number of carbonyl (C=O) groups excluding carboxylic acids is 1. The fraction of sp³-hybridized carbons (Fsp3) is 0.486. The minimum atomic E-state index is 0.246. The molecule has 45 heavy (non-hydrogen) atoms. The standard InChI is InChI=1S/C35H45N9O/c45-31-12-7-17-43(31)22-23-44-26-36-32-33(37-29-13-18-41(19-14-29)24-27-8-3-1-4-9-27)39-35(40-34(32)44)38-30-15-20-42(21-16-30)25-28-10-5-2-6-11-28/h1-6,8-11,26,29-30H,7,12-25H2,(H2,37,38,39,40). The first-order valence-electron chi connectivity index (χ1n) is 16.7. The van der Waals surface area contributed by atoms with E-state index in [-0.39, 0.29) is 5.91 Å². The molecule has 3 aliphatic rings. The van der Waals surface area contributed by atoms with E-state index in [9.17, 15) is 4.79 Å². The minimum Gasteiger partial charge on any atom is -0.365 e. The quantitative estimate of drug-likeness (QED) is 0.256. The Morgan fingerprint density at radius 1 is 0.711 bits per heavy atom. The topological polar surface area (TPSA) is 94.5 Å². The Bertz CT molecular complexity index is 1540. The van der Waals surface area contributed by atoms with E-state index in [2.05, 4.69) is 85.7 Å². The van der Waals surface area contributed by atoms with Gasteiger partial charge in [0.25, 0.3) is 0 Å². The third-order valence-corrected chi connectivity index (χ3v) is 9.59. The highest BCUT2D eigenvalue weighted by atomic mass is 16.2. The van der Waals surface area contributed by atoms with Gasteiger partial charge in [-0.05, 0) is 43.2 Å². The lowest BCUT2D eigenvalue weighted by Gasteiger charge is -2.33. The van der Waals surface area contributed by atoms with Gasteiger partial charge in [-0.25, -0.2) is 4.98 Å². The molecule has 1 amide bonds. The molecule has 2 aromatic carbocycles. The second-order valence-corrected chi connectivity index (χ2v) is 12.9. The maximum Gasteiger partial charge on any atom is 0.227 e. The summed E-state index contributed by atoms with van der Waals surface area (Å²) in [6.45, 7) is 8.36. The van der Waals surface area contributed by atoms with Crippen LogP contribution in [0.15, 0.2) is 67.0 Å². The lowest BCUT2D eigenvalue weighted by atomic mass is 10.0. The number of anilines is 2. The first-order valence-corrected chi connectivity index (χ1v) is 16.7. The van der Waals surface area contributed by atoms with Gasteiger partial charge in [0.2, 0.25) is 11.9 Å². The van der Waals surface area contributed by atoms with Crippen LogP contribution in [0.2, 0.25) is 0 Å². The summed E-state index contributed by atoms with van der Waals surface area (Å²) < 4.78 is 2.09. The number of rotatable bonds is 11. The van der Waals surface area contributed by atoms with Crippen LogP contribution in [0.1, 0.15) is 49.7 Å². The fourth-order valence-electron chi connectivity index (χ4n) is 6.97. The number of carbonyl (C=O) groups is 1. The van der Waals surface area contributed by atoms with E-state index in [1.54, 1.807) is 0 Å². The Morgan fingerprint density at radius 3 is 1.89 bits per heavy atom. The Hall–Kier alpha value is -4.02. The smallest absolute Gasteiger partial charge is 0.227 e. The minimum absolute atomic E-state index is 0.246. The molecule has 2 N–H and O–H groups in total. The van der Waals surface area contributed by atoms with Crippen molar-refractivity contribution in [2.75, 3.05) is 49.9 Å². The van der Waals surface area contributed by atoms with Crippen LogP contribution in [0.5, 0.6) is 0 Å². The number of piperidine rings is 2. The fourth-order valence-corrected chi connectivity index (χ4v) is 6.97. The molecule has 0 aliphatic carbocycles. The van der Waals surface area contributed by atoms with Crippen molar-refractivity contribution in [2.45, 2.75) is 70.2 Å². The molecule has 2 aromatic heterocycles. The van der Waals surface area contributed by atoms with Gasteiger partial charge in [0, 0.05) is 77.4 Å². The van der Waals surface area contributed by atoms with Crippen LogP contribution in [0, 0.1) is 0 Å². The highest BCUT2D eigenvalue weighted by Gasteiger charge is 2.25. The summed E-state index contributed by atoms with van der Waals surface area (Å²) in [6, 6.07) is 22.1. The molecule has 7 rings (SSSR count). The van der Waals surface area contributed by atoms with Crippen LogP contribution in [-0.2, 0) is 24.4 Å². The summed E-state index contributed by atoms with van der Waals surface area (Å²) in [4.78, 5) is 34.1. The maximum atomic E-state index is 12.2. The van der Waals surface area contributed by atoms with Gasteiger partial charge >= 0.3 is 0 Å². The molecule has 0 bridgehead atoms. The molecule has 10 nitrogen and oxygen atoms in total. The average molecular weight is 608 g/mol. The molecule has 5 heterocycles. The SMILES string of the molecule is O=C1CCCN1CCn1cnc2c(NC3CCN(Cc4ccccc4)CC3)nc(NC3CCN(Cc4ccccc4)CC3)nc21. The van der Waals surface area contributed by atoms with Crippen LogP contribution in [0.4, 0.5) is 11.8 Å². The largest absolute Gasteiger partial charge is 0.365 e. The van der Waals surface area contributed by atoms with Gasteiger partial charge in [0.05, 0.1) is 6.33 Å². The first kappa shape index (κ1) is 29.7. The number of nitrogens with one attached hydrogen (secondary N) is 2. The van der Waals surface area contributed by atoms with Gasteiger partial charge in [-0.15, -0.1) is 0 Å². The third-order valence-electron chi connectivity index (χ3n) is 9.59. The summed E-state index contributed by atoms with van der Waals surface area (Å²) in [5, 5.41) is 7.46. The summed E-state index contributed by atoms with van der Waals surface area (Å²) in [5.41, 5.74) is 4.36. The Morgan fingerprint density at radius 2 is 1.31 bits per heavy atom. The third kappa shape index (κ3) is 7.45. The number of aromatic nitrogens is 4. The lowest BCUT2D eigenvalue weighted by molar-refractivity contribution is -0.127. The van der Waals surface area contributed by atoms with E-state index in [0.717, 1.165) is 94.9 Å². The summed E-state index contributed by atoms with van der Waals surface area (Å²) in [5.74, 6) is 1.71. The molecule has 0 saturated carbocycles. The molecule has 0 unspecified atom stereocenters.